The van der Waals surface area contributed by atoms with Gasteiger partial charge in [-0.15, -0.1) is 0 Å². The summed E-state index contributed by atoms with van der Waals surface area (Å²) in [4.78, 5) is 12.5. The normalized spacial score (nSPS) is 21.3. The SMILES string of the molecule is C=C(C)C(=O)O[Si](C1CCCC1)(C1CCCC1)C(C)(C)CC. The Morgan fingerprint density at radius 3 is 1.82 bits per heavy atom. The predicted octanol–water partition coefficient (Wildman–Crippen LogP) is 6.13. The fourth-order valence-electron chi connectivity index (χ4n) is 4.97. The molecule has 2 nitrogen and oxygen atoms in total. The van der Waals surface area contributed by atoms with Gasteiger partial charge in [-0.05, 0) is 48.7 Å². The molecule has 22 heavy (non-hydrogen) atoms. The number of hydrogen-bond acceptors (Lipinski definition) is 2. The molecule has 0 radical (unpaired) electrons. The zero-order chi connectivity index (χ0) is 16.4. The molecule has 0 atom stereocenters. The molecular weight excluding hydrogens is 288 g/mol. The molecule has 0 aliphatic heterocycles. The van der Waals surface area contributed by atoms with Crippen LogP contribution in [0.3, 0.4) is 0 Å². The maximum absolute atomic E-state index is 12.5. The van der Waals surface area contributed by atoms with Gasteiger partial charge in [-0.25, -0.2) is 4.79 Å². The number of rotatable bonds is 6. The van der Waals surface area contributed by atoms with Gasteiger partial charge in [0.2, 0.25) is 0 Å². The van der Waals surface area contributed by atoms with E-state index in [1.165, 1.54) is 51.4 Å². The van der Waals surface area contributed by atoms with Gasteiger partial charge in [-0.3, -0.25) is 0 Å². The summed E-state index contributed by atoms with van der Waals surface area (Å²) in [6.07, 6.45) is 11.5. The molecule has 3 heteroatoms. The molecular formula is C19H34O2Si. The average Bonchev–Trinajstić information content (AvgIpc) is 3.17. The fraction of sp³-hybridized carbons (Fsp3) is 0.842. The molecule has 2 aliphatic carbocycles. The summed E-state index contributed by atoms with van der Waals surface area (Å²) < 4.78 is 6.52. The van der Waals surface area contributed by atoms with E-state index in [0.29, 0.717) is 16.7 Å². The molecule has 0 aromatic carbocycles. The lowest BCUT2D eigenvalue weighted by molar-refractivity contribution is -0.131. The van der Waals surface area contributed by atoms with Crippen LogP contribution in [-0.4, -0.2) is 14.3 Å². The van der Waals surface area contributed by atoms with Crippen molar-refractivity contribution < 1.29 is 9.22 Å². The van der Waals surface area contributed by atoms with E-state index in [4.69, 9.17) is 4.43 Å². The van der Waals surface area contributed by atoms with E-state index in [1.807, 2.05) is 0 Å². The second kappa shape index (κ2) is 6.90. The van der Waals surface area contributed by atoms with Gasteiger partial charge in [0.1, 0.15) is 0 Å². The molecule has 0 spiro atoms. The van der Waals surface area contributed by atoms with E-state index in [2.05, 4.69) is 27.4 Å². The largest absolute Gasteiger partial charge is 0.515 e. The Morgan fingerprint density at radius 1 is 1.09 bits per heavy atom. The van der Waals surface area contributed by atoms with Gasteiger partial charge in [0.25, 0.3) is 8.32 Å². The van der Waals surface area contributed by atoms with Crippen molar-refractivity contribution in [3.8, 4) is 0 Å². The van der Waals surface area contributed by atoms with E-state index in [-0.39, 0.29) is 11.0 Å². The smallest absolute Gasteiger partial charge is 0.319 e. The van der Waals surface area contributed by atoms with Gasteiger partial charge in [0, 0.05) is 5.57 Å². The molecule has 0 saturated heterocycles. The highest BCUT2D eigenvalue weighted by Crippen LogP contribution is 2.61. The van der Waals surface area contributed by atoms with Crippen molar-refractivity contribution in [2.24, 2.45) is 0 Å². The van der Waals surface area contributed by atoms with Crippen LogP contribution in [0, 0.1) is 0 Å². The van der Waals surface area contributed by atoms with Gasteiger partial charge >= 0.3 is 5.97 Å². The molecule has 2 saturated carbocycles. The summed E-state index contributed by atoms with van der Waals surface area (Å²) in [5.41, 5.74) is 1.89. The Hall–Kier alpha value is -0.573. The summed E-state index contributed by atoms with van der Waals surface area (Å²) in [6, 6.07) is 0. The van der Waals surface area contributed by atoms with Crippen LogP contribution in [0.5, 0.6) is 0 Å². The lowest BCUT2D eigenvalue weighted by Gasteiger charge is -2.50. The molecule has 2 fully saturated rings. The predicted molar refractivity (Wildman–Crippen MR) is 95.4 cm³/mol. The van der Waals surface area contributed by atoms with Crippen LogP contribution in [0.1, 0.15) is 85.5 Å². The fourth-order valence-corrected chi connectivity index (χ4v) is 12.0. The first-order valence-electron chi connectivity index (χ1n) is 9.24. The van der Waals surface area contributed by atoms with Crippen LogP contribution in [0.15, 0.2) is 12.2 Å². The first kappa shape index (κ1) is 17.8. The molecule has 0 bridgehead atoms. The van der Waals surface area contributed by atoms with Crippen molar-refractivity contribution in [1.82, 2.24) is 0 Å². The summed E-state index contributed by atoms with van der Waals surface area (Å²) in [5, 5.41) is 0.155. The van der Waals surface area contributed by atoms with E-state index in [0.717, 1.165) is 6.42 Å². The van der Waals surface area contributed by atoms with Crippen LogP contribution in [0.25, 0.3) is 0 Å². The monoisotopic (exact) mass is 322 g/mol. The van der Waals surface area contributed by atoms with Crippen molar-refractivity contribution >= 4 is 14.3 Å². The van der Waals surface area contributed by atoms with Crippen molar-refractivity contribution in [3.05, 3.63) is 12.2 Å². The Balaban J connectivity index is 2.46. The third-order valence-electron chi connectivity index (χ3n) is 6.48. The molecule has 0 N–H and O–H groups in total. The van der Waals surface area contributed by atoms with Crippen LogP contribution >= 0.6 is 0 Å². The number of hydrogen-bond donors (Lipinski definition) is 0. The molecule has 2 rings (SSSR count). The van der Waals surface area contributed by atoms with Gasteiger partial charge in [0.15, 0.2) is 0 Å². The van der Waals surface area contributed by atoms with E-state index in [1.54, 1.807) is 6.92 Å². The topological polar surface area (TPSA) is 26.3 Å². The molecule has 2 aliphatic rings. The minimum atomic E-state index is -2.19. The summed E-state index contributed by atoms with van der Waals surface area (Å²) in [7, 11) is -2.19. The molecule has 0 aromatic rings. The van der Waals surface area contributed by atoms with Crippen LogP contribution in [0.2, 0.25) is 16.1 Å². The first-order chi connectivity index (χ1) is 10.3. The van der Waals surface area contributed by atoms with Gasteiger partial charge in [0.05, 0.1) is 0 Å². The lowest BCUT2D eigenvalue weighted by Crippen LogP contribution is -2.56. The average molecular weight is 323 g/mol. The highest BCUT2D eigenvalue weighted by atomic mass is 28.4. The molecule has 0 unspecified atom stereocenters. The highest BCUT2D eigenvalue weighted by molar-refractivity contribution is 6.81. The zero-order valence-corrected chi connectivity index (χ0v) is 16.0. The van der Waals surface area contributed by atoms with E-state index < -0.39 is 8.32 Å². The Labute approximate surface area is 137 Å². The van der Waals surface area contributed by atoms with E-state index >= 15 is 0 Å². The van der Waals surface area contributed by atoms with Crippen molar-refractivity contribution in [2.45, 2.75) is 102 Å². The number of carbonyl (C=O) groups excluding carboxylic acids is 1. The highest BCUT2D eigenvalue weighted by Gasteiger charge is 2.61. The Bertz CT molecular complexity index is 399. The first-order valence-corrected chi connectivity index (χ1v) is 11.3. The molecule has 0 aromatic heterocycles. The van der Waals surface area contributed by atoms with Crippen LogP contribution < -0.4 is 0 Å². The van der Waals surface area contributed by atoms with Gasteiger partial charge in [-0.1, -0.05) is 59.5 Å². The second-order valence-corrected chi connectivity index (χ2v) is 12.9. The van der Waals surface area contributed by atoms with Gasteiger partial charge < -0.3 is 4.43 Å². The third kappa shape index (κ3) is 3.06. The van der Waals surface area contributed by atoms with Crippen molar-refractivity contribution in [1.29, 1.82) is 0 Å². The zero-order valence-electron chi connectivity index (χ0n) is 15.0. The Morgan fingerprint density at radius 2 is 1.50 bits per heavy atom. The molecule has 0 amide bonds. The minimum Gasteiger partial charge on any atom is -0.515 e. The lowest BCUT2D eigenvalue weighted by atomic mass is 10.1. The van der Waals surface area contributed by atoms with Gasteiger partial charge in [-0.2, -0.15) is 0 Å². The minimum absolute atomic E-state index is 0.119. The van der Waals surface area contributed by atoms with Crippen molar-refractivity contribution in [2.75, 3.05) is 0 Å². The number of carbonyl (C=O) groups is 1. The second-order valence-electron chi connectivity index (χ2n) is 8.16. The van der Waals surface area contributed by atoms with Crippen LogP contribution in [-0.2, 0) is 9.22 Å². The summed E-state index contributed by atoms with van der Waals surface area (Å²) in [6.45, 7) is 12.7. The van der Waals surface area contributed by atoms with Crippen molar-refractivity contribution in [3.63, 3.8) is 0 Å². The molecule has 0 heterocycles. The Kier molecular flexibility index (Phi) is 5.57. The standard InChI is InChI=1S/C19H34O2Si/c1-6-19(4,5)22(16-11-7-8-12-16,17-13-9-10-14-17)21-18(20)15(2)3/h16-17H,2,6-14H2,1,3-5H3. The molecule has 126 valence electrons. The van der Waals surface area contributed by atoms with E-state index in [9.17, 15) is 4.79 Å². The third-order valence-corrected chi connectivity index (χ3v) is 13.0. The quantitative estimate of drug-likeness (QED) is 0.434. The maximum atomic E-state index is 12.5. The maximum Gasteiger partial charge on any atom is 0.319 e. The van der Waals surface area contributed by atoms with Crippen LogP contribution in [0.4, 0.5) is 0 Å². The summed E-state index contributed by atoms with van der Waals surface area (Å²) >= 11 is 0. The summed E-state index contributed by atoms with van der Waals surface area (Å²) in [5.74, 6) is -0.119.